The Balaban J connectivity index is 0.000000450. The molecule has 2 aliphatic rings. The number of carboxylic acid groups (broad SMARTS) is 2. The molecule has 2 rings (SSSR count). The highest BCUT2D eigenvalue weighted by molar-refractivity contribution is 7.89. The summed E-state index contributed by atoms with van der Waals surface area (Å²) in [5.74, 6) is -1.86. The fraction of sp³-hybridized carbons (Fsp3) is 0.875. The Morgan fingerprint density at radius 3 is 1.80 bits per heavy atom. The molecule has 2 fully saturated rings. The van der Waals surface area contributed by atoms with E-state index in [0.29, 0.717) is 19.1 Å². The van der Waals surface area contributed by atoms with Gasteiger partial charge in [0.15, 0.2) is 0 Å². The summed E-state index contributed by atoms with van der Waals surface area (Å²) in [6.45, 7) is 10.2. The number of aliphatic carboxylic acids is 2. The molecule has 0 aromatic heterocycles. The van der Waals surface area contributed by atoms with E-state index in [0.717, 1.165) is 24.7 Å². The second kappa shape index (κ2) is 9.49. The molecule has 0 spiro atoms. The van der Waals surface area contributed by atoms with Crippen LogP contribution in [0, 0.1) is 11.8 Å². The highest BCUT2D eigenvalue weighted by Gasteiger charge is 2.32. The van der Waals surface area contributed by atoms with Crippen LogP contribution in [-0.2, 0) is 19.6 Å². The first-order chi connectivity index (χ1) is 11.6. The topological polar surface area (TPSA) is 115 Å². The molecule has 0 bridgehead atoms. The van der Waals surface area contributed by atoms with Crippen LogP contribution in [0.4, 0.5) is 0 Å². The monoisotopic (exact) mass is 378 g/mol. The molecule has 146 valence electrons. The first-order valence-electron chi connectivity index (χ1n) is 8.74. The molecule has 2 N–H and O–H groups in total. The Kier molecular flexibility index (Phi) is 8.30. The van der Waals surface area contributed by atoms with Gasteiger partial charge >= 0.3 is 11.9 Å². The minimum atomic E-state index is -2.98. The van der Waals surface area contributed by atoms with Crippen LogP contribution < -0.4 is 0 Å². The Morgan fingerprint density at radius 2 is 1.44 bits per heavy atom. The molecular formula is C16H30N2O6S. The number of rotatable bonds is 3. The van der Waals surface area contributed by atoms with Crippen molar-refractivity contribution in [2.75, 3.05) is 31.9 Å². The highest BCUT2D eigenvalue weighted by atomic mass is 32.2. The van der Waals surface area contributed by atoms with Crippen LogP contribution in [0.1, 0.15) is 40.0 Å². The van der Waals surface area contributed by atoms with E-state index >= 15 is 0 Å². The van der Waals surface area contributed by atoms with Crippen molar-refractivity contribution in [1.29, 1.82) is 0 Å². The van der Waals surface area contributed by atoms with Crippen molar-refractivity contribution in [3.8, 4) is 0 Å². The summed E-state index contributed by atoms with van der Waals surface area (Å²) in [6, 6.07) is 0.591. The lowest BCUT2D eigenvalue weighted by Gasteiger charge is -2.43. The molecular weight excluding hydrogens is 348 g/mol. The van der Waals surface area contributed by atoms with E-state index in [1.54, 1.807) is 11.2 Å². The Bertz CT molecular complexity index is 535. The maximum atomic E-state index is 11.9. The number of carboxylic acids is 2. The van der Waals surface area contributed by atoms with Crippen molar-refractivity contribution >= 4 is 22.0 Å². The predicted octanol–water partition coefficient (Wildman–Crippen LogP) is 0.934. The molecule has 0 aromatic carbocycles. The zero-order valence-corrected chi connectivity index (χ0v) is 16.0. The normalized spacial score (nSPS) is 26.5. The van der Waals surface area contributed by atoms with E-state index in [1.807, 2.05) is 0 Å². The summed E-state index contributed by atoms with van der Waals surface area (Å²) in [6.07, 6.45) is 3.33. The second-order valence-corrected chi connectivity index (χ2v) is 9.30. The summed E-state index contributed by atoms with van der Waals surface area (Å²) in [5.41, 5.74) is 0. The van der Waals surface area contributed by atoms with E-state index in [9.17, 15) is 8.42 Å². The van der Waals surface area contributed by atoms with Crippen LogP contribution in [0.25, 0.3) is 0 Å². The number of likely N-dealkylation sites (tertiary alicyclic amines) is 1. The van der Waals surface area contributed by atoms with Gasteiger partial charge in [0.1, 0.15) is 0 Å². The van der Waals surface area contributed by atoms with E-state index in [-0.39, 0.29) is 5.75 Å². The number of carbonyl (C=O) groups is 2. The van der Waals surface area contributed by atoms with E-state index < -0.39 is 22.0 Å². The lowest BCUT2D eigenvalue weighted by Crippen LogP contribution is -2.51. The summed E-state index contributed by atoms with van der Waals surface area (Å²) < 4.78 is 25.4. The number of sulfonamides is 1. The van der Waals surface area contributed by atoms with Crippen molar-refractivity contribution in [3.05, 3.63) is 0 Å². The molecule has 25 heavy (non-hydrogen) atoms. The van der Waals surface area contributed by atoms with Gasteiger partial charge in [0.05, 0.1) is 5.75 Å². The molecule has 0 saturated carbocycles. The average Bonchev–Trinajstić information content (AvgIpc) is 2.54. The van der Waals surface area contributed by atoms with Crippen molar-refractivity contribution < 1.29 is 28.2 Å². The predicted molar refractivity (Wildman–Crippen MR) is 93.8 cm³/mol. The molecule has 0 radical (unpaired) electrons. The van der Waals surface area contributed by atoms with Crippen LogP contribution >= 0.6 is 0 Å². The van der Waals surface area contributed by atoms with E-state index in [1.165, 1.54) is 19.5 Å². The van der Waals surface area contributed by atoms with Gasteiger partial charge in [-0.15, -0.1) is 0 Å². The molecule has 2 saturated heterocycles. The first-order valence-corrected chi connectivity index (χ1v) is 10.4. The van der Waals surface area contributed by atoms with E-state index in [2.05, 4.69) is 18.7 Å². The zero-order chi connectivity index (χ0) is 19.2. The van der Waals surface area contributed by atoms with Gasteiger partial charge in [-0.05, 0) is 38.0 Å². The molecule has 0 aromatic rings. The Hall–Kier alpha value is -1.19. The summed E-state index contributed by atoms with van der Waals surface area (Å²) in [4.78, 5) is 20.8. The smallest absolute Gasteiger partial charge is 0.414 e. The van der Waals surface area contributed by atoms with Gasteiger partial charge < -0.3 is 10.2 Å². The second-order valence-electron chi connectivity index (χ2n) is 7.04. The van der Waals surface area contributed by atoms with Gasteiger partial charge in [-0.3, -0.25) is 4.90 Å². The molecule has 2 aliphatic heterocycles. The molecule has 2 unspecified atom stereocenters. The van der Waals surface area contributed by atoms with Gasteiger partial charge in [-0.1, -0.05) is 13.8 Å². The minimum Gasteiger partial charge on any atom is -0.473 e. The van der Waals surface area contributed by atoms with Gasteiger partial charge in [0, 0.05) is 32.2 Å². The van der Waals surface area contributed by atoms with Gasteiger partial charge in [0.2, 0.25) is 10.0 Å². The van der Waals surface area contributed by atoms with Gasteiger partial charge in [-0.2, -0.15) is 0 Å². The lowest BCUT2D eigenvalue weighted by molar-refractivity contribution is -0.159. The van der Waals surface area contributed by atoms with Gasteiger partial charge in [0.25, 0.3) is 0 Å². The van der Waals surface area contributed by atoms with Crippen molar-refractivity contribution in [2.24, 2.45) is 11.8 Å². The maximum Gasteiger partial charge on any atom is 0.414 e. The molecule has 2 heterocycles. The molecule has 2 atom stereocenters. The summed E-state index contributed by atoms with van der Waals surface area (Å²) in [5, 5.41) is 14.8. The Labute approximate surface area is 149 Å². The third-order valence-electron chi connectivity index (χ3n) is 4.78. The fourth-order valence-corrected chi connectivity index (χ4v) is 4.81. The van der Waals surface area contributed by atoms with Crippen LogP contribution in [-0.4, -0.2) is 77.7 Å². The van der Waals surface area contributed by atoms with Crippen molar-refractivity contribution in [2.45, 2.75) is 46.1 Å². The maximum absolute atomic E-state index is 11.9. The molecule has 0 amide bonds. The highest BCUT2D eigenvalue weighted by Crippen LogP contribution is 2.27. The van der Waals surface area contributed by atoms with Crippen LogP contribution in [0.15, 0.2) is 0 Å². The standard InChI is InChI=1S/C14H28N2O2S.C2H2O4/c1-4-19(17,18)16-7-5-14(6-8-16)15-10-12(2)9-13(3)11-15;3-1(4)2(5)6/h12-14H,4-11H2,1-3H3;(H,3,4)(H,5,6). The first kappa shape index (κ1) is 21.9. The quantitative estimate of drug-likeness (QED) is 0.702. The average molecular weight is 378 g/mol. The molecule has 9 heteroatoms. The Morgan fingerprint density at radius 1 is 1.00 bits per heavy atom. The van der Waals surface area contributed by atoms with E-state index in [4.69, 9.17) is 19.8 Å². The van der Waals surface area contributed by atoms with Crippen LogP contribution in [0.5, 0.6) is 0 Å². The van der Waals surface area contributed by atoms with Gasteiger partial charge in [-0.25, -0.2) is 22.3 Å². The lowest BCUT2D eigenvalue weighted by atomic mass is 9.89. The summed E-state index contributed by atoms with van der Waals surface area (Å²) >= 11 is 0. The SMILES string of the molecule is CCS(=O)(=O)N1CCC(N2CC(C)CC(C)C2)CC1.O=C(O)C(=O)O. The third-order valence-corrected chi connectivity index (χ3v) is 6.66. The zero-order valence-electron chi connectivity index (χ0n) is 15.2. The van der Waals surface area contributed by atoms with Crippen molar-refractivity contribution in [3.63, 3.8) is 0 Å². The summed E-state index contributed by atoms with van der Waals surface area (Å²) in [7, 11) is -2.98. The third kappa shape index (κ3) is 6.91. The molecule has 0 aliphatic carbocycles. The van der Waals surface area contributed by atoms with Crippen molar-refractivity contribution in [1.82, 2.24) is 9.21 Å². The fourth-order valence-electron chi connectivity index (χ4n) is 3.68. The number of piperidine rings is 2. The largest absolute Gasteiger partial charge is 0.473 e. The minimum absolute atomic E-state index is 0.232. The molecule has 8 nitrogen and oxygen atoms in total. The van der Waals surface area contributed by atoms with Crippen LogP contribution in [0.2, 0.25) is 0 Å². The number of hydrogen-bond donors (Lipinski definition) is 2. The van der Waals surface area contributed by atoms with Crippen LogP contribution in [0.3, 0.4) is 0 Å². The number of nitrogens with zero attached hydrogens (tertiary/aromatic N) is 2. The number of hydrogen-bond acceptors (Lipinski definition) is 5.